The lowest BCUT2D eigenvalue weighted by molar-refractivity contribution is 0.190. The van der Waals surface area contributed by atoms with E-state index in [1.165, 1.54) is 0 Å². The summed E-state index contributed by atoms with van der Waals surface area (Å²) in [7, 11) is 0. The van der Waals surface area contributed by atoms with Gasteiger partial charge in [-0.1, -0.05) is 40.9 Å². The first-order valence-corrected chi connectivity index (χ1v) is 8.33. The first kappa shape index (κ1) is 18.4. The molecule has 3 nitrogen and oxygen atoms in total. The molecule has 6 heteroatoms. The molecule has 2 aromatic carbocycles. The van der Waals surface area contributed by atoms with Gasteiger partial charge >= 0.3 is 0 Å². The van der Waals surface area contributed by atoms with Crippen molar-refractivity contribution in [3.63, 3.8) is 0 Å². The average molecular weight is 375 g/mol. The maximum absolute atomic E-state index is 9.31. The normalized spacial score (nSPS) is 12.2. The van der Waals surface area contributed by atoms with Gasteiger partial charge in [0.25, 0.3) is 0 Å². The average Bonchev–Trinajstić information content (AvgIpc) is 2.47. The fraction of sp³-hybridized carbons (Fsp3) is 0.294. The Morgan fingerprint density at radius 3 is 2.43 bits per heavy atom. The lowest BCUT2D eigenvalue weighted by Gasteiger charge is -2.14. The molecule has 0 amide bonds. The van der Waals surface area contributed by atoms with E-state index in [2.05, 4.69) is 5.32 Å². The van der Waals surface area contributed by atoms with Crippen LogP contribution in [0.15, 0.2) is 36.4 Å². The Morgan fingerprint density at radius 2 is 1.74 bits per heavy atom. The molecule has 2 aromatic rings. The van der Waals surface area contributed by atoms with Gasteiger partial charge in [-0.05, 0) is 37.3 Å². The summed E-state index contributed by atoms with van der Waals surface area (Å²) >= 11 is 18.1. The third kappa shape index (κ3) is 5.87. The smallest absolute Gasteiger partial charge is 0.124 e. The molecule has 0 unspecified atom stereocenters. The Kier molecular flexibility index (Phi) is 7.00. The highest BCUT2D eigenvalue weighted by molar-refractivity contribution is 6.35. The number of rotatable bonds is 7. The maximum Gasteiger partial charge on any atom is 0.124 e. The van der Waals surface area contributed by atoms with Crippen LogP contribution in [0.4, 0.5) is 0 Å². The van der Waals surface area contributed by atoms with Gasteiger partial charge in [-0.3, -0.25) is 0 Å². The van der Waals surface area contributed by atoms with E-state index in [0.29, 0.717) is 34.8 Å². The fourth-order valence-electron chi connectivity index (χ4n) is 2.04. The molecule has 0 saturated carbocycles. The Balaban J connectivity index is 2.06. The number of aliphatic hydroxyl groups excluding tert-OH is 1. The second-order valence-corrected chi connectivity index (χ2v) is 6.54. The monoisotopic (exact) mass is 373 g/mol. The zero-order valence-corrected chi connectivity index (χ0v) is 14.9. The second-order valence-electron chi connectivity index (χ2n) is 5.26. The summed E-state index contributed by atoms with van der Waals surface area (Å²) in [5.74, 6) is 0.721. The molecule has 1 atom stereocenters. The highest BCUT2D eigenvalue weighted by Gasteiger charge is 2.08. The predicted octanol–water partition coefficient (Wildman–Crippen LogP) is 4.70. The quantitative estimate of drug-likeness (QED) is 0.738. The molecule has 124 valence electrons. The van der Waals surface area contributed by atoms with Gasteiger partial charge in [0.1, 0.15) is 12.4 Å². The van der Waals surface area contributed by atoms with E-state index in [4.69, 9.17) is 39.5 Å². The number of hydrogen-bond acceptors (Lipinski definition) is 3. The summed E-state index contributed by atoms with van der Waals surface area (Å²) in [5.41, 5.74) is 1.78. The van der Waals surface area contributed by atoms with Crippen LogP contribution < -0.4 is 10.1 Å². The molecular formula is C17H18Cl3NO2. The van der Waals surface area contributed by atoms with Crippen LogP contribution in [0.2, 0.25) is 15.1 Å². The minimum absolute atomic E-state index is 0.334. The Morgan fingerprint density at radius 1 is 1.04 bits per heavy atom. The minimum atomic E-state index is -0.411. The zero-order valence-electron chi connectivity index (χ0n) is 12.7. The number of ether oxygens (including phenoxy) is 1. The van der Waals surface area contributed by atoms with Crippen molar-refractivity contribution in [3.8, 4) is 5.75 Å². The highest BCUT2D eigenvalue weighted by atomic mass is 35.5. The van der Waals surface area contributed by atoms with E-state index in [1.807, 2.05) is 18.2 Å². The Labute approximate surface area is 151 Å². The van der Waals surface area contributed by atoms with Crippen LogP contribution in [0.1, 0.15) is 18.1 Å². The van der Waals surface area contributed by atoms with Crippen LogP contribution >= 0.6 is 34.8 Å². The predicted molar refractivity (Wildman–Crippen MR) is 95.6 cm³/mol. The molecule has 0 saturated heterocycles. The number of benzene rings is 2. The van der Waals surface area contributed by atoms with Crippen LogP contribution in [-0.4, -0.2) is 17.8 Å². The van der Waals surface area contributed by atoms with E-state index >= 15 is 0 Å². The van der Waals surface area contributed by atoms with E-state index < -0.39 is 6.10 Å². The minimum Gasteiger partial charge on any atom is -0.489 e. The van der Waals surface area contributed by atoms with Crippen LogP contribution in [0.5, 0.6) is 5.75 Å². The van der Waals surface area contributed by atoms with Crippen LogP contribution in [-0.2, 0) is 13.2 Å². The SMILES string of the molecule is C[C@@H](O)CNCc1cc(Cl)ccc1OCc1ccc(Cl)cc1Cl. The third-order valence-corrected chi connectivity index (χ3v) is 4.00. The molecule has 0 heterocycles. The summed E-state index contributed by atoms with van der Waals surface area (Å²) in [5, 5.41) is 14.3. The third-order valence-electron chi connectivity index (χ3n) is 3.18. The van der Waals surface area contributed by atoms with Crippen molar-refractivity contribution in [2.24, 2.45) is 0 Å². The topological polar surface area (TPSA) is 41.5 Å². The zero-order chi connectivity index (χ0) is 16.8. The van der Waals surface area contributed by atoms with Crippen molar-refractivity contribution >= 4 is 34.8 Å². The van der Waals surface area contributed by atoms with Crippen LogP contribution in [0.25, 0.3) is 0 Å². The molecule has 0 radical (unpaired) electrons. The molecule has 2 N–H and O–H groups in total. The molecule has 0 aliphatic rings. The molecule has 0 bridgehead atoms. The van der Waals surface area contributed by atoms with E-state index in [1.54, 1.807) is 25.1 Å². The Hall–Kier alpha value is -0.970. The van der Waals surface area contributed by atoms with E-state index in [-0.39, 0.29) is 0 Å². The van der Waals surface area contributed by atoms with Gasteiger partial charge in [0.2, 0.25) is 0 Å². The molecule has 0 aliphatic heterocycles. The van der Waals surface area contributed by atoms with E-state index in [0.717, 1.165) is 16.9 Å². The van der Waals surface area contributed by atoms with Gasteiger partial charge in [-0.2, -0.15) is 0 Å². The van der Waals surface area contributed by atoms with Crippen molar-refractivity contribution < 1.29 is 9.84 Å². The van der Waals surface area contributed by atoms with E-state index in [9.17, 15) is 5.11 Å². The number of hydrogen-bond donors (Lipinski definition) is 2. The number of nitrogens with one attached hydrogen (secondary N) is 1. The maximum atomic E-state index is 9.31. The first-order valence-electron chi connectivity index (χ1n) is 7.19. The lowest BCUT2D eigenvalue weighted by atomic mass is 10.2. The van der Waals surface area contributed by atoms with Crippen molar-refractivity contribution in [2.45, 2.75) is 26.2 Å². The number of halogens is 3. The standard InChI is InChI=1S/C17H18Cl3NO2/c1-11(22)8-21-9-13-6-14(18)4-5-17(13)23-10-12-2-3-15(19)7-16(12)20/h2-7,11,21-22H,8-10H2,1H3/t11-/m1/s1. The van der Waals surface area contributed by atoms with Gasteiger partial charge < -0.3 is 15.2 Å². The summed E-state index contributed by atoms with van der Waals surface area (Å²) < 4.78 is 5.87. The molecular weight excluding hydrogens is 357 g/mol. The van der Waals surface area contributed by atoms with Gasteiger partial charge in [0.15, 0.2) is 0 Å². The van der Waals surface area contributed by atoms with Gasteiger partial charge in [0.05, 0.1) is 6.10 Å². The molecule has 0 aliphatic carbocycles. The van der Waals surface area contributed by atoms with Gasteiger partial charge in [-0.25, -0.2) is 0 Å². The van der Waals surface area contributed by atoms with Crippen molar-refractivity contribution in [1.82, 2.24) is 5.32 Å². The summed E-state index contributed by atoms with van der Waals surface area (Å²) in [6, 6.07) is 10.7. The first-order chi connectivity index (χ1) is 11.0. The molecule has 23 heavy (non-hydrogen) atoms. The van der Waals surface area contributed by atoms with Crippen LogP contribution in [0, 0.1) is 0 Å². The number of aliphatic hydroxyl groups is 1. The highest BCUT2D eigenvalue weighted by Crippen LogP contribution is 2.26. The second kappa shape index (κ2) is 8.76. The van der Waals surface area contributed by atoms with Gasteiger partial charge in [0, 0.05) is 39.3 Å². The fourth-order valence-corrected chi connectivity index (χ4v) is 2.69. The van der Waals surface area contributed by atoms with Crippen molar-refractivity contribution in [3.05, 3.63) is 62.6 Å². The largest absolute Gasteiger partial charge is 0.489 e. The Bertz CT molecular complexity index is 662. The molecule has 0 aromatic heterocycles. The molecule has 0 spiro atoms. The van der Waals surface area contributed by atoms with Gasteiger partial charge in [-0.15, -0.1) is 0 Å². The molecule has 0 fully saturated rings. The molecule has 2 rings (SSSR count). The lowest BCUT2D eigenvalue weighted by Crippen LogP contribution is -2.24. The van der Waals surface area contributed by atoms with Crippen molar-refractivity contribution in [1.29, 1.82) is 0 Å². The van der Waals surface area contributed by atoms with Crippen molar-refractivity contribution in [2.75, 3.05) is 6.54 Å². The summed E-state index contributed by atoms with van der Waals surface area (Å²) in [6.07, 6.45) is -0.411. The summed E-state index contributed by atoms with van der Waals surface area (Å²) in [6.45, 7) is 3.11. The van der Waals surface area contributed by atoms with Crippen LogP contribution in [0.3, 0.4) is 0 Å². The summed E-state index contributed by atoms with van der Waals surface area (Å²) in [4.78, 5) is 0.